The van der Waals surface area contributed by atoms with Crippen LogP contribution in [0.3, 0.4) is 0 Å². The van der Waals surface area contributed by atoms with Gasteiger partial charge in [0.15, 0.2) is 6.10 Å². The van der Waals surface area contributed by atoms with Gasteiger partial charge in [0.25, 0.3) is 11.8 Å². The number of hydrogen-bond acceptors (Lipinski definition) is 3. The van der Waals surface area contributed by atoms with Gasteiger partial charge in [-0.25, -0.2) is 0 Å². The largest absolute Gasteiger partial charge is 0.480 e. The molecule has 3 aromatic carbocycles. The SMILES string of the molecule is CCC(Oc1ccccc1C(C)CC)C(=O)Nc1cccc(C(=O)Nc2cccc(C(F)(F)F)c2)c1. The Morgan fingerprint density at radius 1 is 0.861 bits per heavy atom. The molecule has 8 heteroatoms. The predicted molar refractivity (Wildman–Crippen MR) is 134 cm³/mol. The first-order chi connectivity index (χ1) is 17.1. The number of carbonyl (C=O) groups excluding carboxylic acids is 2. The number of para-hydroxylation sites is 1. The van der Waals surface area contributed by atoms with Crippen LogP contribution < -0.4 is 15.4 Å². The molecule has 0 saturated heterocycles. The molecular weight excluding hydrogens is 469 g/mol. The summed E-state index contributed by atoms with van der Waals surface area (Å²) in [6.07, 6.45) is -3.91. The number of anilines is 2. The summed E-state index contributed by atoms with van der Waals surface area (Å²) in [6.45, 7) is 6.02. The van der Waals surface area contributed by atoms with Gasteiger partial charge in [-0.2, -0.15) is 13.2 Å². The number of rotatable bonds is 9. The van der Waals surface area contributed by atoms with Crippen molar-refractivity contribution in [2.75, 3.05) is 10.6 Å². The van der Waals surface area contributed by atoms with Gasteiger partial charge in [-0.15, -0.1) is 0 Å². The number of alkyl halides is 3. The summed E-state index contributed by atoms with van der Waals surface area (Å²) in [5.41, 5.74) is 0.736. The van der Waals surface area contributed by atoms with E-state index in [-0.39, 0.29) is 23.1 Å². The summed E-state index contributed by atoms with van der Waals surface area (Å²) < 4.78 is 44.9. The zero-order valence-corrected chi connectivity index (χ0v) is 20.4. The normalized spacial score (nSPS) is 12.9. The van der Waals surface area contributed by atoms with Crippen LogP contribution >= 0.6 is 0 Å². The molecule has 2 unspecified atom stereocenters. The number of carbonyl (C=O) groups is 2. The summed E-state index contributed by atoms with van der Waals surface area (Å²) in [5.74, 6) is -0.0417. The van der Waals surface area contributed by atoms with Gasteiger partial charge < -0.3 is 15.4 Å². The molecular formula is C28H29F3N2O3. The fourth-order valence-electron chi connectivity index (χ4n) is 3.63. The molecule has 3 aromatic rings. The standard InChI is InChI=1S/C28H29F3N2O3/c1-4-18(3)23-14-6-7-15-25(23)36-24(5-2)27(35)33-21-12-8-10-19(16-21)26(34)32-22-13-9-11-20(17-22)28(29,30)31/h6-18,24H,4-5H2,1-3H3,(H,32,34)(H,33,35). The Balaban J connectivity index is 1.71. The van der Waals surface area contributed by atoms with Crippen molar-refractivity contribution in [3.8, 4) is 5.75 Å². The Labute approximate surface area is 208 Å². The fraction of sp³-hybridized carbons (Fsp3) is 0.286. The van der Waals surface area contributed by atoms with E-state index in [1.807, 2.05) is 31.2 Å². The average Bonchev–Trinajstić information content (AvgIpc) is 2.86. The maximum Gasteiger partial charge on any atom is 0.416 e. The molecule has 36 heavy (non-hydrogen) atoms. The monoisotopic (exact) mass is 498 g/mol. The Kier molecular flexibility index (Phi) is 8.74. The van der Waals surface area contributed by atoms with Gasteiger partial charge in [0.2, 0.25) is 0 Å². The van der Waals surface area contributed by atoms with E-state index in [0.29, 0.717) is 17.9 Å². The lowest BCUT2D eigenvalue weighted by Crippen LogP contribution is -2.32. The third-order valence-electron chi connectivity index (χ3n) is 5.83. The second-order valence-electron chi connectivity index (χ2n) is 8.46. The summed E-state index contributed by atoms with van der Waals surface area (Å²) in [7, 11) is 0. The Bertz CT molecular complexity index is 1210. The van der Waals surface area contributed by atoms with Crippen molar-refractivity contribution in [3.05, 3.63) is 89.5 Å². The molecule has 0 aliphatic rings. The van der Waals surface area contributed by atoms with E-state index < -0.39 is 23.8 Å². The topological polar surface area (TPSA) is 67.4 Å². The maximum atomic E-state index is 13.0. The molecule has 3 rings (SSSR count). The lowest BCUT2D eigenvalue weighted by Gasteiger charge is -2.21. The van der Waals surface area contributed by atoms with Crippen LogP contribution in [0.4, 0.5) is 24.5 Å². The summed E-state index contributed by atoms with van der Waals surface area (Å²) in [5, 5.41) is 5.24. The third kappa shape index (κ3) is 6.87. The zero-order chi connectivity index (χ0) is 26.3. The van der Waals surface area contributed by atoms with Crippen LogP contribution in [0.5, 0.6) is 5.75 Å². The van der Waals surface area contributed by atoms with Crippen LogP contribution in [-0.2, 0) is 11.0 Å². The zero-order valence-electron chi connectivity index (χ0n) is 20.4. The first kappa shape index (κ1) is 26.8. The fourth-order valence-corrected chi connectivity index (χ4v) is 3.63. The van der Waals surface area contributed by atoms with Crippen molar-refractivity contribution in [1.82, 2.24) is 0 Å². The number of nitrogens with one attached hydrogen (secondary N) is 2. The first-order valence-electron chi connectivity index (χ1n) is 11.8. The highest BCUT2D eigenvalue weighted by molar-refractivity contribution is 6.05. The van der Waals surface area contributed by atoms with Gasteiger partial charge in [0.1, 0.15) is 5.75 Å². The van der Waals surface area contributed by atoms with E-state index in [4.69, 9.17) is 4.74 Å². The van der Waals surface area contributed by atoms with E-state index in [2.05, 4.69) is 24.5 Å². The number of halogens is 3. The summed E-state index contributed by atoms with van der Waals surface area (Å²) >= 11 is 0. The van der Waals surface area contributed by atoms with Gasteiger partial charge in [0.05, 0.1) is 5.56 Å². The van der Waals surface area contributed by atoms with Crippen LogP contribution in [-0.4, -0.2) is 17.9 Å². The van der Waals surface area contributed by atoms with Crippen molar-refractivity contribution in [3.63, 3.8) is 0 Å². The van der Waals surface area contributed by atoms with Crippen LogP contribution in [0.15, 0.2) is 72.8 Å². The third-order valence-corrected chi connectivity index (χ3v) is 5.83. The summed E-state index contributed by atoms with van der Waals surface area (Å²) in [6, 6.07) is 18.2. The van der Waals surface area contributed by atoms with Crippen LogP contribution in [0.25, 0.3) is 0 Å². The minimum absolute atomic E-state index is 0.0173. The Hall–Kier alpha value is -3.81. The predicted octanol–water partition coefficient (Wildman–Crippen LogP) is 7.27. The molecule has 0 radical (unpaired) electrons. The molecule has 0 aliphatic carbocycles. The number of amides is 2. The van der Waals surface area contributed by atoms with Gasteiger partial charge in [0, 0.05) is 16.9 Å². The molecule has 0 aliphatic heterocycles. The average molecular weight is 499 g/mol. The van der Waals surface area contributed by atoms with Crippen molar-refractivity contribution in [2.24, 2.45) is 0 Å². The van der Waals surface area contributed by atoms with E-state index in [1.165, 1.54) is 24.3 Å². The molecule has 2 atom stereocenters. The van der Waals surface area contributed by atoms with Crippen molar-refractivity contribution >= 4 is 23.2 Å². The van der Waals surface area contributed by atoms with Crippen molar-refractivity contribution < 1.29 is 27.5 Å². The molecule has 2 amide bonds. The van der Waals surface area contributed by atoms with Crippen LogP contribution in [0.1, 0.15) is 61.0 Å². The van der Waals surface area contributed by atoms with Crippen molar-refractivity contribution in [1.29, 1.82) is 0 Å². The lowest BCUT2D eigenvalue weighted by molar-refractivity contribution is -0.137. The number of benzene rings is 3. The van der Waals surface area contributed by atoms with E-state index in [0.717, 1.165) is 24.1 Å². The van der Waals surface area contributed by atoms with Gasteiger partial charge in [-0.3, -0.25) is 9.59 Å². The van der Waals surface area contributed by atoms with Crippen LogP contribution in [0, 0.1) is 0 Å². The first-order valence-corrected chi connectivity index (χ1v) is 11.8. The highest BCUT2D eigenvalue weighted by Crippen LogP contribution is 2.31. The van der Waals surface area contributed by atoms with Gasteiger partial charge >= 0.3 is 6.18 Å². The van der Waals surface area contributed by atoms with E-state index >= 15 is 0 Å². The van der Waals surface area contributed by atoms with Gasteiger partial charge in [-0.1, -0.05) is 51.1 Å². The molecule has 0 heterocycles. The maximum absolute atomic E-state index is 13.0. The smallest absolute Gasteiger partial charge is 0.416 e. The minimum atomic E-state index is -4.52. The molecule has 190 valence electrons. The molecule has 0 saturated carbocycles. The highest BCUT2D eigenvalue weighted by atomic mass is 19.4. The Morgan fingerprint density at radius 3 is 2.19 bits per heavy atom. The van der Waals surface area contributed by atoms with Crippen LogP contribution in [0.2, 0.25) is 0 Å². The summed E-state index contributed by atoms with van der Waals surface area (Å²) in [4.78, 5) is 25.6. The molecule has 2 N–H and O–H groups in total. The molecule has 0 bridgehead atoms. The number of hydrogen-bond donors (Lipinski definition) is 2. The second kappa shape index (κ2) is 11.7. The van der Waals surface area contributed by atoms with Gasteiger partial charge in [-0.05, 0) is 66.8 Å². The molecule has 0 aromatic heterocycles. The minimum Gasteiger partial charge on any atom is -0.480 e. The highest BCUT2D eigenvalue weighted by Gasteiger charge is 2.30. The number of ether oxygens (including phenoxy) is 1. The van der Waals surface area contributed by atoms with E-state index in [9.17, 15) is 22.8 Å². The Morgan fingerprint density at radius 2 is 1.53 bits per heavy atom. The lowest BCUT2D eigenvalue weighted by atomic mass is 9.98. The van der Waals surface area contributed by atoms with Crippen molar-refractivity contribution in [2.45, 2.75) is 51.8 Å². The second-order valence-corrected chi connectivity index (χ2v) is 8.46. The molecule has 0 fully saturated rings. The van der Waals surface area contributed by atoms with E-state index in [1.54, 1.807) is 12.1 Å². The molecule has 0 spiro atoms. The molecule has 5 nitrogen and oxygen atoms in total. The quantitative estimate of drug-likeness (QED) is 0.326.